The van der Waals surface area contributed by atoms with Crippen LogP contribution in [0.1, 0.15) is 32.1 Å². The lowest BCUT2D eigenvalue weighted by atomic mass is 9.84. The summed E-state index contributed by atoms with van der Waals surface area (Å²) >= 11 is 0. The third-order valence-electron chi connectivity index (χ3n) is 5.78. The van der Waals surface area contributed by atoms with Crippen LogP contribution in [0, 0.1) is 11.8 Å². The monoisotopic (exact) mass is 348 g/mol. The molecular weight excluding hydrogens is 324 g/mol. The van der Waals surface area contributed by atoms with Gasteiger partial charge in [0.15, 0.2) is 0 Å². The number of sulfonamides is 1. The molecule has 4 aliphatic rings. The lowest BCUT2D eigenvalue weighted by Gasteiger charge is -2.35. The van der Waals surface area contributed by atoms with Crippen LogP contribution in [0.5, 0.6) is 0 Å². The average Bonchev–Trinajstić information content (AvgIpc) is 2.86. The number of hydrogen-bond acceptors (Lipinski definition) is 3. The normalized spacial score (nSPS) is 28.4. The van der Waals surface area contributed by atoms with Crippen LogP contribution in [-0.4, -0.2) is 49.2 Å². The number of nitrogens with zero attached hydrogens (tertiary/aromatic N) is 2. The fraction of sp³-hybridized carbons (Fsp3) is 0.611. The molecule has 0 unspecified atom stereocenters. The van der Waals surface area contributed by atoms with Crippen LogP contribution >= 0.6 is 0 Å². The van der Waals surface area contributed by atoms with E-state index in [1.165, 1.54) is 0 Å². The fourth-order valence-electron chi connectivity index (χ4n) is 4.15. The third kappa shape index (κ3) is 2.75. The number of hydrogen-bond donors (Lipinski definition) is 0. The molecule has 1 saturated carbocycles. The van der Waals surface area contributed by atoms with E-state index in [1.54, 1.807) is 28.6 Å². The first-order chi connectivity index (χ1) is 11.6. The Kier molecular flexibility index (Phi) is 4.12. The number of carbonyl (C=O) groups excluding carboxylic acids is 1. The number of carbonyl (C=O) groups is 1. The van der Waals surface area contributed by atoms with Crippen LogP contribution in [-0.2, 0) is 14.8 Å². The highest BCUT2D eigenvalue weighted by molar-refractivity contribution is 7.89. The number of benzene rings is 1. The van der Waals surface area contributed by atoms with Gasteiger partial charge in [0.05, 0.1) is 4.90 Å². The maximum absolute atomic E-state index is 13.0. The van der Waals surface area contributed by atoms with Gasteiger partial charge in [-0.2, -0.15) is 4.31 Å². The van der Waals surface area contributed by atoms with E-state index in [1.807, 2.05) is 11.0 Å². The van der Waals surface area contributed by atoms with Crippen molar-refractivity contribution in [3.63, 3.8) is 0 Å². The van der Waals surface area contributed by atoms with Crippen molar-refractivity contribution < 1.29 is 13.2 Å². The van der Waals surface area contributed by atoms with Crippen molar-refractivity contribution in [3.8, 4) is 0 Å². The van der Waals surface area contributed by atoms with Crippen molar-refractivity contribution in [1.29, 1.82) is 0 Å². The third-order valence-corrected chi connectivity index (χ3v) is 7.71. The maximum atomic E-state index is 13.0. The summed E-state index contributed by atoms with van der Waals surface area (Å²) in [6, 6.07) is 8.58. The molecule has 3 saturated heterocycles. The quantitative estimate of drug-likeness (QED) is 0.840. The molecule has 0 spiro atoms. The predicted octanol–water partition coefficient (Wildman–Crippen LogP) is 2.10. The molecule has 1 aromatic carbocycles. The summed E-state index contributed by atoms with van der Waals surface area (Å²) in [5, 5.41) is 0. The molecule has 3 heterocycles. The van der Waals surface area contributed by atoms with Gasteiger partial charge in [-0.15, -0.1) is 0 Å². The second kappa shape index (κ2) is 6.15. The molecule has 1 aliphatic carbocycles. The van der Waals surface area contributed by atoms with E-state index < -0.39 is 10.0 Å². The first-order valence-electron chi connectivity index (χ1n) is 8.91. The molecule has 0 N–H and O–H groups in total. The molecule has 2 bridgehead atoms. The van der Waals surface area contributed by atoms with Gasteiger partial charge in [0.25, 0.3) is 0 Å². The van der Waals surface area contributed by atoms with E-state index in [0.717, 1.165) is 32.1 Å². The van der Waals surface area contributed by atoms with Crippen LogP contribution < -0.4 is 0 Å². The van der Waals surface area contributed by atoms with Gasteiger partial charge in [-0.25, -0.2) is 8.42 Å². The van der Waals surface area contributed by atoms with E-state index in [9.17, 15) is 13.2 Å². The summed E-state index contributed by atoms with van der Waals surface area (Å²) in [6.07, 6.45) is 5.00. The van der Waals surface area contributed by atoms with Crippen molar-refractivity contribution in [2.24, 2.45) is 11.8 Å². The first-order valence-corrected chi connectivity index (χ1v) is 10.4. The molecule has 0 aromatic heterocycles. The SMILES string of the molecule is O=C(C1CCC1)N1C[C@@H]2CC[C@H](C1)N(S(=O)(=O)c1ccccc1)C2. The Balaban J connectivity index is 1.58. The van der Waals surface area contributed by atoms with Gasteiger partial charge in [-0.3, -0.25) is 4.79 Å². The van der Waals surface area contributed by atoms with Gasteiger partial charge < -0.3 is 4.90 Å². The van der Waals surface area contributed by atoms with E-state index in [4.69, 9.17) is 0 Å². The van der Waals surface area contributed by atoms with Crippen molar-refractivity contribution in [2.45, 2.75) is 43.0 Å². The Bertz CT molecular complexity index is 715. The van der Waals surface area contributed by atoms with Crippen molar-refractivity contribution in [1.82, 2.24) is 9.21 Å². The smallest absolute Gasteiger partial charge is 0.243 e. The summed E-state index contributed by atoms with van der Waals surface area (Å²) in [6.45, 7) is 1.81. The lowest BCUT2D eigenvalue weighted by molar-refractivity contribution is -0.138. The number of rotatable bonds is 3. The number of amides is 1. The molecule has 0 radical (unpaired) electrons. The average molecular weight is 348 g/mol. The summed E-state index contributed by atoms with van der Waals surface area (Å²) in [7, 11) is -3.48. The summed E-state index contributed by atoms with van der Waals surface area (Å²) < 4.78 is 27.7. The largest absolute Gasteiger partial charge is 0.341 e. The van der Waals surface area contributed by atoms with Crippen molar-refractivity contribution >= 4 is 15.9 Å². The Hall–Kier alpha value is -1.40. The minimum atomic E-state index is -3.48. The van der Waals surface area contributed by atoms with Crippen molar-refractivity contribution in [3.05, 3.63) is 30.3 Å². The van der Waals surface area contributed by atoms with Crippen LogP contribution in [0.2, 0.25) is 0 Å². The minimum Gasteiger partial charge on any atom is -0.341 e. The number of piperidine rings is 1. The fourth-order valence-corrected chi connectivity index (χ4v) is 5.90. The van der Waals surface area contributed by atoms with E-state index in [2.05, 4.69) is 0 Å². The molecule has 5 rings (SSSR count). The summed E-state index contributed by atoms with van der Waals surface area (Å²) in [5.41, 5.74) is 0. The summed E-state index contributed by atoms with van der Waals surface area (Å²) in [5.74, 6) is 0.685. The molecular formula is C18H24N2O3S. The molecule has 1 amide bonds. The van der Waals surface area contributed by atoms with E-state index >= 15 is 0 Å². The summed E-state index contributed by atoms with van der Waals surface area (Å²) in [4.78, 5) is 14.9. The topological polar surface area (TPSA) is 57.7 Å². The second-order valence-corrected chi connectivity index (χ2v) is 9.25. The zero-order valence-electron chi connectivity index (χ0n) is 13.8. The molecule has 24 heavy (non-hydrogen) atoms. The Labute approximate surface area is 143 Å². The maximum Gasteiger partial charge on any atom is 0.243 e. The van der Waals surface area contributed by atoms with E-state index in [0.29, 0.717) is 24.5 Å². The molecule has 1 aromatic rings. The van der Waals surface area contributed by atoms with Crippen molar-refractivity contribution in [2.75, 3.05) is 19.6 Å². The van der Waals surface area contributed by atoms with Gasteiger partial charge in [0.2, 0.25) is 15.9 Å². The first kappa shape index (κ1) is 16.1. The standard InChI is InChI=1S/C18H24N2O3S/c21-18(15-5-4-6-15)19-11-14-9-10-16(13-19)20(12-14)24(22,23)17-7-2-1-3-8-17/h1-3,7-8,14-16H,4-6,9-13H2/t14-,16+/m0/s1. The molecule has 130 valence electrons. The zero-order valence-corrected chi connectivity index (χ0v) is 14.6. The highest BCUT2D eigenvalue weighted by Gasteiger charge is 2.43. The van der Waals surface area contributed by atoms with Gasteiger partial charge in [0.1, 0.15) is 0 Å². The second-order valence-electron chi connectivity index (χ2n) is 7.36. The lowest BCUT2D eigenvalue weighted by Crippen LogP contribution is -2.48. The molecule has 5 nitrogen and oxygen atoms in total. The minimum absolute atomic E-state index is 0.0852. The van der Waals surface area contributed by atoms with Gasteiger partial charge >= 0.3 is 0 Å². The van der Waals surface area contributed by atoms with Crippen LogP contribution in [0.3, 0.4) is 0 Å². The molecule has 4 fully saturated rings. The van der Waals surface area contributed by atoms with Gasteiger partial charge in [-0.1, -0.05) is 24.6 Å². The highest BCUT2D eigenvalue weighted by atomic mass is 32.2. The van der Waals surface area contributed by atoms with Crippen LogP contribution in [0.25, 0.3) is 0 Å². The number of fused-ring (bicyclic) bond motifs is 4. The van der Waals surface area contributed by atoms with Crippen LogP contribution in [0.15, 0.2) is 35.2 Å². The van der Waals surface area contributed by atoms with Gasteiger partial charge in [-0.05, 0) is 43.7 Å². The Morgan fingerprint density at radius 2 is 1.71 bits per heavy atom. The predicted molar refractivity (Wildman–Crippen MR) is 90.8 cm³/mol. The van der Waals surface area contributed by atoms with E-state index in [-0.39, 0.29) is 23.8 Å². The van der Waals surface area contributed by atoms with Gasteiger partial charge in [0, 0.05) is 31.6 Å². The molecule has 6 heteroatoms. The molecule has 3 aliphatic heterocycles. The molecule has 2 atom stereocenters. The Morgan fingerprint density at radius 3 is 2.38 bits per heavy atom. The van der Waals surface area contributed by atoms with Crippen LogP contribution in [0.4, 0.5) is 0 Å². The highest BCUT2D eigenvalue weighted by Crippen LogP contribution is 2.35. The zero-order chi connectivity index (χ0) is 16.7. The Morgan fingerprint density at radius 1 is 0.958 bits per heavy atom.